The monoisotopic (exact) mass is 397 g/mol. The van der Waals surface area contributed by atoms with Crippen molar-refractivity contribution in [2.24, 2.45) is 23.2 Å². The summed E-state index contributed by atoms with van der Waals surface area (Å²) in [6, 6.07) is 8.00. The van der Waals surface area contributed by atoms with Crippen LogP contribution in [0.4, 0.5) is 0 Å². The second kappa shape index (κ2) is 7.14. The van der Waals surface area contributed by atoms with Crippen molar-refractivity contribution in [1.82, 2.24) is 15.8 Å². The first-order chi connectivity index (χ1) is 13.6. The molecule has 1 heterocycles. The standard InChI is InChI=1S/C22H27N3O2S/c26-19(5-6-21-23-17-3-1-2-4-18(17)28-21)24-25-20(27)13-22-10-14-7-15(11-22)9-16(8-14)12-22/h1-4,14-16H,5-13H2,(H,24,26)(H,25,27). The van der Waals surface area contributed by atoms with Gasteiger partial charge in [-0.1, -0.05) is 12.1 Å². The Morgan fingerprint density at radius 3 is 2.32 bits per heavy atom. The maximum Gasteiger partial charge on any atom is 0.238 e. The Hall–Kier alpha value is -1.95. The van der Waals surface area contributed by atoms with Gasteiger partial charge in [-0.05, 0) is 73.8 Å². The fraction of sp³-hybridized carbons (Fsp3) is 0.591. The molecular weight excluding hydrogens is 370 g/mol. The number of carbonyl (C=O) groups is 2. The first-order valence-electron chi connectivity index (χ1n) is 10.5. The zero-order valence-electron chi connectivity index (χ0n) is 16.1. The number of aryl methyl sites for hydroxylation is 1. The van der Waals surface area contributed by atoms with E-state index in [-0.39, 0.29) is 17.2 Å². The molecule has 2 aromatic rings. The van der Waals surface area contributed by atoms with Gasteiger partial charge in [-0.2, -0.15) is 0 Å². The van der Waals surface area contributed by atoms with E-state index in [1.54, 1.807) is 11.3 Å². The number of hydrogen-bond donors (Lipinski definition) is 2. The van der Waals surface area contributed by atoms with Gasteiger partial charge in [0.05, 0.1) is 15.2 Å². The lowest BCUT2D eigenvalue weighted by atomic mass is 9.49. The van der Waals surface area contributed by atoms with Crippen LogP contribution in [0.2, 0.25) is 0 Å². The third-order valence-electron chi connectivity index (χ3n) is 6.95. The van der Waals surface area contributed by atoms with E-state index in [9.17, 15) is 9.59 Å². The first-order valence-corrected chi connectivity index (χ1v) is 11.3. The van der Waals surface area contributed by atoms with Crippen molar-refractivity contribution in [3.8, 4) is 0 Å². The summed E-state index contributed by atoms with van der Waals surface area (Å²) in [5.41, 5.74) is 6.45. The van der Waals surface area contributed by atoms with E-state index in [0.717, 1.165) is 33.0 Å². The Morgan fingerprint density at radius 2 is 1.64 bits per heavy atom. The number of hydrogen-bond acceptors (Lipinski definition) is 4. The minimum Gasteiger partial charge on any atom is -0.273 e. The van der Waals surface area contributed by atoms with E-state index < -0.39 is 0 Å². The van der Waals surface area contributed by atoms with Crippen LogP contribution < -0.4 is 10.9 Å². The Kier molecular flexibility index (Phi) is 4.62. The molecule has 0 spiro atoms. The van der Waals surface area contributed by atoms with Crippen molar-refractivity contribution in [1.29, 1.82) is 0 Å². The number of amides is 2. The molecule has 0 unspecified atom stereocenters. The van der Waals surface area contributed by atoms with Crippen molar-refractivity contribution >= 4 is 33.4 Å². The summed E-state index contributed by atoms with van der Waals surface area (Å²) >= 11 is 1.62. The average Bonchev–Trinajstić information content (AvgIpc) is 3.06. The predicted octanol–water partition coefficient (Wildman–Crippen LogP) is 3.98. The summed E-state index contributed by atoms with van der Waals surface area (Å²) in [7, 11) is 0. The van der Waals surface area contributed by atoms with E-state index in [4.69, 9.17) is 0 Å². The van der Waals surface area contributed by atoms with Gasteiger partial charge in [-0.15, -0.1) is 11.3 Å². The van der Waals surface area contributed by atoms with Gasteiger partial charge in [0.2, 0.25) is 11.8 Å². The van der Waals surface area contributed by atoms with E-state index >= 15 is 0 Å². The quantitative estimate of drug-likeness (QED) is 0.750. The molecule has 4 aliphatic carbocycles. The number of benzene rings is 1. The molecule has 6 heteroatoms. The molecule has 0 radical (unpaired) electrons. The largest absolute Gasteiger partial charge is 0.273 e. The van der Waals surface area contributed by atoms with Gasteiger partial charge in [-0.3, -0.25) is 20.4 Å². The van der Waals surface area contributed by atoms with Gasteiger partial charge >= 0.3 is 0 Å². The molecule has 0 atom stereocenters. The minimum atomic E-state index is -0.155. The topological polar surface area (TPSA) is 71.1 Å². The molecule has 28 heavy (non-hydrogen) atoms. The van der Waals surface area contributed by atoms with E-state index in [1.165, 1.54) is 38.5 Å². The van der Waals surface area contributed by atoms with Crippen LogP contribution in [0.25, 0.3) is 10.2 Å². The van der Waals surface area contributed by atoms with Gasteiger partial charge in [0.15, 0.2) is 0 Å². The van der Waals surface area contributed by atoms with Gasteiger partial charge in [0, 0.05) is 19.3 Å². The van der Waals surface area contributed by atoms with Crippen LogP contribution in [0.15, 0.2) is 24.3 Å². The predicted molar refractivity (Wildman–Crippen MR) is 109 cm³/mol. The number of aromatic nitrogens is 1. The Morgan fingerprint density at radius 1 is 1.00 bits per heavy atom. The zero-order valence-corrected chi connectivity index (χ0v) is 16.9. The molecule has 2 N–H and O–H groups in total. The molecule has 2 amide bonds. The van der Waals surface area contributed by atoms with Crippen LogP contribution in [-0.4, -0.2) is 16.8 Å². The van der Waals surface area contributed by atoms with Gasteiger partial charge in [0.1, 0.15) is 0 Å². The second-order valence-corrected chi connectivity index (χ2v) is 10.4. The SMILES string of the molecule is O=C(CCc1nc2ccccc2s1)NNC(=O)CC12CC3CC(CC(C3)C1)C2. The maximum atomic E-state index is 12.5. The zero-order chi connectivity index (χ0) is 19.1. The molecule has 4 aliphatic rings. The summed E-state index contributed by atoms with van der Waals surface area (Å²) in [6.45, 7) is 0. The highest BCUT2D eigenvalue weighted by Crippen LogP contribution is 2.61. The second-order valence-electron chi connectivity index (χ2n) is 9.27. The van der Waals surface area contributed by atoms with Crippen LogP contribution in [-0.2, 0) is 16.0 Å². The molecule has 0 saturated heterocycles. The molecule has 4 saturated carbocycles. The Balaban J connectivity index is 1.09. The molecule has 5 nitrogen and oxygen atoms in total. The van der Waals surface area contributed by atoms with Gasteiger partial charge in [0.25, 0.3) is 0 Å². The number of rotatable bonds is 5. The van der Waals surface area contributed by atoms with Crippen molar-refractivity contribution in [2.45, 2.75) is 57.8 Å². The normalized spacial score (nSPS) is 30.5. The summed E-state index contributed by atoms with van der Waals surface area (Å²) in [6.07, 6.45) is 9.24. The lowest BCUT2D eigenvalue weighted by Crippen LogP contribution is -2.50. The lowest BCUT2D eigenvalue weighted by Gasteiger charge is -2.56. The number of para-hydroxylation sites is 1. The van der Waals surface area contributed by atoms with Crippen LogP contribution in [0.3, 0.4) is 0 Å². The number of nitrogens with zero attached hydrogens (tertiary/aromatic N) is 1. The van der Waals surface area contributed by atoms with Crippen molar-refractivity contribution in [2.75, 3.05) is 0 Å². The van der Waals surface area contributed by atoms with Crippen molar-refractivity contribution < 1.29 is 9.59 Å². The van der Waals surface area contributed by atoms with E-state index in [1.807, 2.05) is 24.3 Å². The smallest absolute Gasteiger partial charge is 0.238 e. The third kappa shape index (κ3) is 3.66. The molecule has 1 aromatic heterocycles. The Bertz CT molecular complexity index is 838. The summed E-state index contributed by atoms with van der Waals surface area (Å²) in [4.78, 5) is 29.2. The molecule has 0 aliphatic heterocycles. The number of carbonyl (C=O) groups excluding carboxylic acids is 2. The molecule has 148 valence electrons. The highest BCUT2D eigenvalue weighted by molar-refractivity contribution is 7.18. The van der Waals surface area contributed by atoms with Crippen LogP contribution in [0.1, 0.15) is 56.4 Å². The third-order valence-corrected chi connectivity index (χ3v) is 8.04. The fourth-order valence-corrected chi connectivity index (χ4v) is 7.31. The highest BCUT2D eigenvalue weighted by atomic mass is 32.1. The number of nitrogens with one attached hydrogen (secondary N) is 2. The summed E-state index contributed by atoms with van der Waals surface area (Å²) in [5, 5.41) is 0.955. The molecule has 4 fully saturated rings. The maximum absolute atomic E-state index is 12.5. The Labute approximate surface area is 169 Å². The molecular formula is C22H27N3O2S. The van der Waals surface area contributed by atoms with Gasteiger partial charge < -0.3 is 0 Å². The fourth-order valence-electron chi connectivity index (χ4n) is 6.34. The highest BCUT2D eigenvalue weighted by Gasteiger charge is 2.51. The summed E-state index contributed by atoms with van der Waals surface area (Å²) in [5.74, 6) is 2.32. The van der Waals surface area contributed by atoms with E-state index in [0.29, 0.717) is 19.3 Å². The van der Waals surface area contributed by atoms with Crippen LogP contribution in [0, 0.1) is 23.2 Å². The van der Waals surface area contributed by atoms with Crippen LogP contribution in [0.5, 0.6) is 0 Å². The molecule has 1 aromatic carbocycles. The average molecular weight is 398 g/mol. The van der Waals surface area contributed by atoms with Crippen LogP contribution >= 0.6 is 11.3 Å². The number of hydrazine groups is 1. The molecule has 6 rings (SSSR count). The first kappa shape index (κ1) is 18.1. The van der Waals surface area contributed by atoms with Crippen molar-refractivity contribution in [3.63, 3.8) is 0 Å². The number of thiazole rings is 1. The minimum absolute atomic E-state index is 0.0321. The summed E-state index contributed by atoms with van der Waals surface area (Å²) < 4.78 is 1.14. The molecule has 4 bridgehead atoms. The lowest BCUT2D eigenvalue weighted by molar-refractivity contribution is -0.134. The number of fused-ring (bicyclic) bond motifs is 1. The van der Waals surface area contributed by atoms with Crippen molar-refractivity contribution in [3.05, 3.63) is 29.3 Å². The van der Waals surface area contributed by atoms with E-state index in [2.05, 4.69) is 15.8 Å². The van der Waals surface area contributed by atoms with Gasteiger partial charge in [-0.25, -0.2) is 4.98 Å².